The summed E-state index contributed by atoms with van der Waals surface area (Å²) < 4.78 is 5.41. The Hall–Kier alpha value is -3.08. The number of hydrogen-bond acceptors (Lipinski definition) is 4. The van der Waals surface area contributed by atoms with Crippen LogP contribution in [-0.2, 0) is 11.3 Å². The highest BCUT2D eigenvalue weighted by Crippen LogP contribution is 2.37. The first-order chi connectivity index (χ1) is 12.7. The average molecular weight is 347 g/mol. The van der Waals surface area contributed by atoms with Gasteiger partial charge in [0.05, 0.1) is 11.6 Å². The van der Waals surface area contributed by atoms with E-state index in [1.165, 1.54) is 0 Å². The fraction of sp³-hybridized carbons (Fsp3) is 0.238. The minimum Gasteiger partial charge on any atom is -0.445 e. The summed E-state index contributed by atoms with van der Waals surface area (Å²) in [6.07, 6.45) is 2.17. The largest absolute Gasteiger partial charge is 0.445 e. The Bertz CT molecular complexity index is 927. The number of carbonyl (C=O) groups excluding carboxylic acids is 1. The molecule has 3 aromatic rings. The molecule has 1 aromatic heterocycles. The highest BCUT2D eigenvalue weighted by atomic mass is 16.5. The molecule has 132 valence electrons. The van der Waals surface area contributed by atoms with Crippen LogP contribution < -0.4 is 10.6 Å². The van der Waals surface area contributed by atoms with E-state index in [0.29, 0.717) is 0 Å². The summed E-state index contributed by atoms with van der Waals surface area (Å²) in [5.74, 6) is 0. The zero-order valence-electron chi connectivity index (χ0n) is 14.6. The molecule has 0 aliphatic carbocycles. The van der Waals surface area contributed by atoms with Gasteiger partial charge in [-0.25, -0.2) is 4.79 Å². The van der Waals surface area contributed by atoms with Crippen LogP contribution in [0, 0.1) is 0 Å². The number of amides is 1. The van der Waals surface area contributed by atoms with Gasteiger partial charge in [0.15, 0.2) is 0 Å². The normalized spacial score (nSPS) is 18.7. The molecule has 0 spiro atoms. The third-order valence-corrected chi connectivity index (χ3v) is 4.67. The van der Waals surface area contributed by atoms with Gasteiger partial charge in [-0.2, -0.15) is 0 Å². The van der Waals surface area contributed by atoms with E-state index in [-0.39, 0.29) is 18.7 Å². The van der Waals surface area contributed by atoms with E-state index in [0.717, 1.165) is 34.1 Å². The van der Waals surface area contributed by atoms with E-state index in [9.17, 15) is 4.79 Å². The van der Waals surface area contributed by atoms with Crippen LogP contribution in [0.1, 0.15) is 30.5 Å². The lowest BCUT2D eigenvalue weighted by Crippen LogP contribution is -2.36. The van der Waals surface area contributed by atoms with Crippen molar-refractivity contribution in [3.8, 4) is 0 Å². The van der Waals surface area contributed by atoms with Crippen molar-refractivity contribution in [1.82, 2.24) is 10.3 Å². The first-order valence-corrected chi connectivity index (χ1v) is 8.82. The van der Waals surface area contributed by atoms with Crippen molar-refractivity contribution in [2.75, 3.05) is 5.32 Å². The molecule has 5 nitrogen and oxygen atoms in total. The third-order valence-electron chi connectivity index (χ3n) is 4.67. The molecule has 2 unspecified atom stereocenters. The van der Waals surface area contributed by atoms with Gasteiger partial charge in [0.25, 0.3) is 0 Å². The smallest absolute Gasteiger partial charge is 0.407 e. The molecule has 5 heteroatoms. The number of nitrogens with zero attached hydrogens (tertiary/aromatic N) is 1. The molecule has 0 bridgehead atoms. The molecule has 2 heterocycles. The van der Waals surface area contributed by atoms with E-state index in [2.05, 4.69) is 22.5 Å². The van der Waals surface area contributed by atoms with Gasteiger partial charge in [-0.15, -0.1) is 0 Å². The second-order valence-corrected chi connectivity index (χ2v) is 6.64. The molecule has 26 heavy (non-hydrogen) atoms. The number of carbonyl (C=O) groups is 1. The number of alkyl carbamates (subject to hydrolysis) is 1. The van der Waals surface area contributed by atoms with Gasteiger partial charge >= 0.3 is 6.09 Å². The van der Waals surface area contributed by atoms with Crippen molar-refractivity contribution < 1.29 is 9.53 Å². The lowest BCUT2D eigenvalue weighted by molar-refractivity contribution is 0.134. The van der Waals surface area contributed by atoms with Crippen LogP contribution in [0.25, 0.3) is 10.9 Å². The van der Waals surface area contributed by atoms with E-state index in [4.69, 9.17) is 4.74 Å². The Morgan fingerprint density at radius 3 is 2.88 bits per heavy atom. The minimum atomic E-state index is -0.403. The number of anilines is 1. The molecule has 1 amide bonds. The number of benzene rings is 2. The Morgan fingerprint density at radius 2 is 2.04 bits per heavy atom. The Morgan fingerprint density at radius 1 is 1.19 bits per heavy atom. The Kier molecular flexibility index (Phi) is 4.44. The number of aromatic nitrogens is 1. The predicted molar refractivity (Wildman–Crippen MR) is 102 cm³/mol. The molecular formula is C21H21N3O2. The SMILES string of the molecule is CC1CC(NC(=O)OCc2ccccc2)c2c(ccc3ncccc23)N1. The maximum absolute atomic E-state index is 12.4. The summed E-state index contributed by atoms with van der Waals surface area (Å²) in [6, 6.07) is 17.8. The van der Waals surface area contributed by atoms with Crippen LogP contribution in [0.3, 0.4) is 0 Å². The summed E-state index contributed by atoms with van der Waals surface area (Å²) in [7, 11) is 0. The Labute approximate surface area is 152 Å². The number of rotatable bonds is 3. The molecule has 1 aliphatic rings. The lowest BCUT2D eigenvalue weighted by Gasteiger charge is -2.32. The van der Waals surface area contributed by atoms with Crippen LogP contribution in [-0.4, -0.2) is 17.1 Å². The maximum Gasteiger partial charge on any atom is 0.407 e. The topological polar surface area (TPSA) is 63.2 Å². The number of nitrogens with one attached hydrogen (secondary N) is 2. The van der Waals surface area contributed by atoms with Gasteiger partial charge in [0, 0.05) is 28.9 Å². The molecule has 0 radical (unpaired) electrons. The van der Waals surface area contributed by atoms with Gasteiger partial charge in [-0.1, -0.05) is 36.4 Å². The van der Waals surface area contributed by atoms with Crippen molar-refractivity contribution in [2.45, 2.75) is 32.0 Å². The van der Waals surface area contributed by atoms with Crippen molar-refractivity contribution in [3.05, 3.63) is 71.9 Å². The summed E-state index contributed by atoms with van der Waals surface area (Å²) >= 11 is 0. The Balaban J connectivity index is 1.55. The molecular weight excluding hydrogens is 326 g/mol. The first kappa shape index (κ1) is 16.4. The van der Waals surface area contributed by atoms with Crippen molar-refractivity contribution in [2.24, 2.45) is 0 Å². The molecule has 2 atom stereocenters. The van der Waals surface area contributed by atoms with Crippen LogP contribution >= 0.6 is 0 Å². The molecule has 0 saturated heterocycles. The standard InChI is InChI=1S/C21H21N3O2/c1-14-12-19(24-21(25)26-13-15-6-3-2-4-7-15)20-16-8-5-11-22-17(16)9-10-18(20)23-14/h2-11,14,19,23H,12-13H2,1H3,(H,24,25). The van der Waals surface area contributed by atoms with Crippen molar-refractivity contribution >= 4 is 22.7 Å². The average Bonchev–Trinajstić information content (AvgIpc) is 2.66. The fourth-order valence-electron chi connectivity index (χ4n) is 3.51. The predicted octanol–water partition coefficient (Wildman–Crippen LogP) is 4.41. The molecule has 0 saturated carbocycles. The maximum atomic E-state index is 12.4. The molecule has 1 aliphatic heterocycles. The summed E-state index contributed by atoms with van der Waals surface area (Å²) in [5.41, 5.74) is 4.01. The highest BCUT2D eigenvalue weighted by molar-refractivity contribution is 5.89. The van der Waals surface area contributed by atoms with E-state index in [1.54, 1.807) is 6.20 Å². The fourth-order valence-corrected chi connectivity index (χ4v) is 3.51. The number of pyridine rings is 1. The van der Waals surface area contributed by atoms with Crippen LogP contribution in [0.15, 0.2) is 60.8 Å². The molecule has 2 aromatic carbocycles. The summed E-state index contributed by atoms with van der Waals surface area (Å²) in [6.45, 7) is 2.37. The van der Waals surface area contributed by atoms with Gasteiger partial charge in [-0.3, -0.25) is 4.98 Å². The minimum absolute atomic E-state index is 0.113. The van der Waals surface area contributed by atoms with E-state index < -0.39 is 6.09 Å². The summed E-state index contributed by atoms with van der Waals surface area (Å²) in [5, 5.41) is 7.59. The van der Waals surface area contributed by atoms with Gasteiger partial charge < -0.3 is 15.4 Å². The third kappa shape index (κ3) is 3.33. The van der Waals surface area contributed by atoms with Gasteiger partial charge in [-0.05, 0) is 37.1 Å². The number of ether oxygens (including phenoxy) is 1. The monoisotopic (exact) mass is 347 g/mol. The second kappa shape index (κ2) is 7.04. The highest BCUT2D eigenvalue weighted by Gasteiger charge is 2.28. The van der Waals surface area contributed by atoms with Crippen molar-refractivity contribution in [3.63, 3.8) is 0 Å². The van der Waals surface area contributed by atoms with Crippen LogP contribution in [0.5, 0.6) is 0 Å². The van der Waals surface area contributed by atoms with Crippen LogP contribution in [0.4, 0.5) is 10.5 Å². The van der Waals surface area contributed by atoms with Gasteiger partial charge in [0.2, 0.25) is 0 Å². The second-order valence-electron chi connectivity index (χ2n) is 6.64. The summed E-state index contributed by atoms with van der Waals surface area (Å²) in [4.78, 5) is 16.8. The number of hydrogen-bond donors (Lipinski definition) is 2. The van der Waals surface area contributed by atoms with Crippen LogP contribution in [0.2, 0.25) is 0 Å². The molecule has 0 fully saturated rings. The number of fused-ring (bicyclic) bond motifs is 3. The zero-order valence-corrected chi connectivity index (χ0v) is 14.6. The quantitative estimate of drug-likeness (QED) is 0.737. The van der Waals surface area contributed by atoms with E-state index in [1.807, 2.05) is 54.6 Å². The van der Waals surface area contributed by atoms with Crippen molar-refractivity contribution in [1.29, 1.82) is 0 Å². The zero-order chi connectivity index (χ0) is 17.9. The molecule has 2 N–H and O–H groups in total. The van der Waals surface area contributed by atoms with Gasteiger partial charge in [0.1, 0.15) is 6.61 Å². The first-order valence-electron chi connectivity index (χ1n) is 8.82. The lowest BCUT2D eigenvalue weighted by atomic mass is 9.90. The van der Waals surface area contributed by atoms with E-state index >= 15 is 0 Å². The molecule has 4 rings (SSSR count).